The van der Waals surface area contributed by atoms with E-state index in [1.54, 1.807) is 18.0 Å². The van der Waals surface area contributed by atoms with Crippen molar-refractivity contribution in [1.82, 2.24) is 15.0 Å². The minimum Gasteiger partial charge on any atom is -0.379 e. The van der Waals surface area contributed by atoms with Crippen LogP contribution in [-0.4, -0.2) is 39.0 Å². The fourth-order valence-corrected chi connectivity index (χ4v) is 4.25. The number of nitrogens with two attached hydrogens (primary N) is 1. The maximum atomic E-state index is 13.1. The summed E-state index contributed by atoms with van der Waals surface area (Å²) in [7, 11) is 0. The van der Waals surface area contributed by atoms with Crippen LogP contribution in [0.25, 0.3) is 0 Å². The molecule has 1 fully saturated rings. The van der Waals surface area contributed by atoms with Crippen LogP contribution < -0.4 is 10.6 Å². The van der Waals surface area contributed by atoms with Gasteiger partial charge in [0.2, 0.25) is 5.95 Å². The van der Waals surface area contributed by atoms with E-state index in [0.717, 1.165) is 17.9 Å². The van der Waals surface area contributed by atoms with Gasteiger partial charge in [-0.2, -0.15) is 0 Å². The van der Waals surface area contributed by atoms with E-state index in [1.165, 1.54) is 12.4 Å². The van der Waals surface area contributed by atoms with E-state index in [4.69, 9.17) is 10.7 Å². The highest BCUT2D eigenvalue weighted by Gasteiger charge is 2.50. The summed E-state index contributed by atoms with van der Waals surface area (Å²) < 4.78 is 13.1. The summed E-state index contributed by atoms with van der Waals surface area (Å²) in [5, 5.41) is 0.590. The van der Waals surface area contributed by atoms with Crippen molar-refractivity contribution >= 4 is 22.9 Å². The first-order chi connectivity index (χ1) is 11.2. The number of anilines is 1. The molecule has 4 rings (SSSR count). The number of amidine groups is 1. The predicted molar refractivity (Wildman–Crippen MR) is 87.7 cm³/mol. The Kier molecular flexibility index (Phi) is 3.41. The van der Waals surface area contributed by atoms with Gasteiger partial charge in [0.15, 0.2) is 11.0 Å². The van der Waals surface area contributed by atoms with Crippen LogP contribution in [0.4, 0.5) is 10.3 Å². The minimum absolute atomic E-state index is 0.276. The van der Waals surface area contributed by atoms with Gasteiger partial charge in [-0.05, 0) is 6.07 Å². The second kappa shape index (κ2) is 5.45. The zero-order valence-corrected chi connectivity index (χ0v) is 13.1. The molecule has 118 valence electrons. The number of rotatable bonds is 2. The lowest BCUT2D eigenvalue weighted by Crippen LogP contribution is -2.40. The third kappa shape index (κ3) is 2.42. The first-order valence-electron chi connectivity index (χ1n) is 7.28. The minimum atomic E-state index is -0.443. The third-order valence-corrected chi connectivity index (χ3v) is 5.30. The average molecular weight is 330 g/mol. The van der Waals surface area contributed by atoms with Crippen molar-refractivity contribution in [3.05, 3.63) is 48.3 Å². The van der Waals surface area contributed by atoms with Crippen molar-refractivity contribution in [2.45, 2.75) is 5.54 Å². The first kappa shape index (κ1) is 14.4. The Morgan fingerprint density at radius 1 is 1.30 bits per heavy atom. The number of fused-ring (bicyclic) bond motifs is 1. The molecular weight excluding hydrogens is 315 g/mol. The van der Waals surface area contributed by atoms with E-state index in [1.807, 2.05) is 23.2 Å². The van der Waals surface area contributed by atoms with Gasteiger partial charge in [-0.15, -0.1) is 0 Å². The van der Waals surface area contributed by atoms with Crippen LogP contribution in [0.3, 0.4) is 0 Å². The smallest absolute Gasteiger partial charge is 0.225 e. The molecule has 8 heteroatoms. The van der Waals surface area contributed by atoms with Gasteiger partial charge < -0.3 is 10.6 Å². The number of aromatic nitrogens is 3. The molecule has 4 heterocycles. The van der Waals surface area contributed by atoms with Crippen molar-refractivity contribution in [2.75, 3.05) is 23.7 Å². The lowest BCUT2D eigenvalue weighted by Gasteiger charge is -2.34. The summed E-state index contributed by atoms with van der Waals surface area (Å²) in [5.41, 5.74) is 6.61. The molecule has 0 bridgehead atoms. The van der Waals surface area contributed by atoms with E-state index >= 15 is 0 Å². The van der Waals surface area contributed by atoms with Gasteiger partial charge in [0.1, 0.15) is 5.54 Å². The van der Waals surface area contributed by atoms with Crippen LogP contribution >= 0.6 is 11.8 Å². The topological polar surface area (TPSA) is 80.3 Å². The van der Waals surface area contributed by atoms with E-state index in [2.05, 4.69) is 15.0 Å². The lowest BCUT2D eigenvalue weighted by atomic mass is 9.83. The molecule has 0 spiro atoms. The normalized spacial score (nSPS) is 26.7. The SMILES string of the molecule is NC1=NC2(c3cccnc3)CN(c3ncc(F)cn3)CC2CS1. The number of aliphatic imine (C=N–C) groups is 1. The van der Waals surface area contributed by atoms with Crippen molar-refractivity contribution in [3.63, 3.8) is 0 Å². The van der Waals surface area contributed by atoms with Gasteiger partial charge in [-0.1, -0.05) is 17.8 Å². The Bertz CT molecular complexity index is 737. The number of halogens is 1. The van der Waals surface area contributed by atoms with Gasteiger partial charge >= 0.3 is 0 Å². The molecular formula is C15H15FN6S. The van der Waals surface area contributed by atoms with Crippen molar-refractivity contribution in [1.29, 1.82) is 0 Å². The Labute approximate surface area is 137 Å². The van der Waals surface area contributed by atoms with Crippen LogP contribution in [-0.2, 0) is 5.54 Å². The highest BCUT2D eigenvalue weighted by atomic mass is 32.2. The number of hydrogen-bond donors (Lipinski definition) is 1. The summed E-state index contributed by atoms with van der Waals surface area (Å²) in [6.07, 6.45) is 5.96. The highest BCUT2D eigenvalue weighted by molar-refractivity contribution is 8.13. The number of pyridine rings is 1. The number of nitrogens with zero attached hydrogens (tertiary/aromatic N) is 5. The highest BCUT2D eigenvalue weighted by Crippen LogP contribution is 2.45. The van der Waals surface area contributed by atoms with E-state index in [9.17, 15) is 4.39 Å². The maximum Gasteiger partial charge on any atom is 0.225 e. The molecule has 6 nitrogen and oxygen atoms in total. The Balaban J connectivity index is 1.75. The monoisotopic (exact) mass is 330 g/mol. The van der Waals surface area contributed by atoms with Crippen LogP contribution in [0.1, 0.15) is 5.56 Å². The largest absolute Gasteiger partial charge is 0.379 e. The van der Waals surface area contributed by atoms with Gasteiger partial charge in [0.05, 0.1) is 18.9 Å². The van der Waals surface area contributed by atoms with Crippen molar-refractivity contribution in [3.8, 4) is 0 Å². The zero-order chi connectivity index (χ0) is 15.9. The van der Waals surface area contributed by atoms with E-state index in [0.29, 0.717) is 17.7 Å². The fourth-order valence-electron chi connectivity index (χ4n) is 3.27. The average Bonchev–Trinajstić information content (AvgIpc) is 2.96. The molecule has 1 saturated heterocycles. The quantitative estimate of drug-likeness (QED) is 0.897. The second-order valence-electron chi connectivity index (χ2n) is 5.71. The van der Waals surface area contributed by atoms with Gasteiger partial charge in [0, 0.05) is 36.2 Å². The number of hydrogen-bond acceptors (Lipinski definition) is 7. The van der Waals surface area contributed by atoms with Crippen LogP contribution in [0.5, 0.6) is 0 Å². The first-order valence-corrected chi connectivity index (χ1v) is 8.27. The Morgan fingerprint density at radius 3 is 2.87 bits per heavy atom. The van der Waals surface area contributed by atoms with Crippen molar-refractivity contribution in [2.24, 2.45) is 16.6 Å². The molecule has 0 radical (unpaired) electrons. The maximum absolute atomic E-state index is 13.1. The molecule has 0 amide bonds. The third-order valence-electron chi connectivity index (χ3n) is 4.34. The fraction of sp³-hybridized carbons (Fsp3) is 0.333. The van der Waals surface area contributed by atoms with Crippen LogP contribution in [0.15, 0.2) is 41.9 Å². The van der Waals surface area contributed by atoms with E-state index < -0.39 is 11.4 Å². The van der Waals surface area contributed by atoms with Crippen LogP contribution in [0, 0.1) is 11.7 Å². The van der Waals surface area contributed by atoms with Gasteiger partial charge in [0.25, 0.3) is 0 Å². The molecule has 23 heavy (non-hydrogen) atoms. The summed E-state index contributed by atoms with van der Waals surface area (Å²) in [6.45, 7) is 1.36. The molecule has 2 N–H and O–H groups in total. The van der Waals surface area contributed by atoms with Crippen LogP contribution in [0.2, 0.25) is 0 Å². The summed E-state index contributed by atoms with van der Waals surface area (Å²) in [6, 6.07) is 3.94. The zero-order valence-electron chi connectivity index (χ0n) is 12.3. The molecule has 2 atom stereocenters. The second-order valence-corrected chi connectivity index (χ2v) is 6.75. The van der Waals surface area contributed by atoms with Gasteiger partial charge in [-0.25, -0.2) is 19.4 Å². The molecule has 0 aliphatic carbocycles. The number of thioether (sulfide) groups is 1. The molecule has 2 aromatic heterocycles. The Hall–Kier alpha value is -2.22. The van der Waals surface area contributed by atoms with Gasteiger partial charge in [-0.3, -0.25) is 4.98 Å². The van der Waals surface area contributed by atoms with Crippen molar-refractivity contribution < 1.29 is 4.39 Å². The summed E-state index contributed by atoms with van der Waals surface area (Å²) in [5.74, 6) is 1.23. The lowest BCUT2D eigenvalue weighted by molar-refractivity contribution is 0.386. The molecule has 2 aliphatic heterocycles. The predicted octanol–water partition coefficient (Wildman–Crippen LogP) is 1.40. The van der Waals surface area contributed by atoms with E-state index in [-0.39, 0.29) is 5.92 Å². The summed E-state index contributed by atoms with van der Waals surface area (Å²) >= 11 is 1.57. The molecule has 2 aromatic rings. The molecule has 0 saturated carbocycles. The Morgan fingerprint density at radius 2 is 2.13 bits per heavy atom. The molecule has 2 aliphatic rings. The molecule has 0 aromatic carbocycles. The molecule has 2 unspecified atom stereocenters. The summed E-state index contributed by atoms with van der Waals surface area (Å²) in [4.78, 5) is 19.3. The standard InChI is InChI=1S/C15H15FN6S/c16-12-5-19-14(20-6-12)22-7-11-8-23-13(17)21-15(11,9-22)10-2-1-3-18-4-10/h1-6,11H,7-9H2,(H2,17,21).